The molecule has 0 bridgehead atoms. The summed E-state index contributed by atoms with van der Waals surface area (Å²) >= 11 is 0. The number of carbonyl (C=O) groups is 4. The molecule has 0 aliphatic carbocycles. The van der Waals surface area contributed by atoms with Gasteiger partial charge in [0.25, 0.3) is 0 Å². The SMILES string of the molecule is NC(=O)[C@@H]1CCCN1C(=O)[C@@H]1CCCN1C(=O)CCCC(=O)N1CCCCCC1. The molecule has 0 unspecified atom stereocenters. The fourth-order valence-electron chi connectivity index (χ4n) is 4.85. The quantitative estimate of drug-likeness (QED) is 0.711. The lowest BCUT2D eigenvalue weighted by Gasteiger charge is -2.30. The van der Waals surface area contributed by atoms with Crippen molar-refractivity contribution in [3.63, 3.8) is 0 Å². The molecular weight excluding hydrogens is 372 g/mol. The van der Waals surface area contributed by atoms with Crippen molar-refractivity contribution in [3.05, 3.63) is 0 Å². The number of likely N-dealkylation sites (tertiary alicyclic amines) is 3. The van der Waals surface area contributed by atoms with Crippen molar-refractivity contribution < 1.29 is 19.2 Å². The normalized spacial score (nSPS) is 25.2. The first kappa shape index (κ1) is 21.6. The predicted octanol–water partition coefficient (Wildman–Crippen LogP) is 1.03. The van der Waals surface area contributed by atoms with Gasteiger partial charge in [0.2, 0.25) is 23.6 Å². The third-order valence-corrected chi connectivity index (χ3v) is 6.46. The summed E-state index contributed by atoms with van der Waals surface area (Å²) in [5.41, 5.74) is 5.44. The average Bonchev–Trinajstić information content (AvgIpc) is 3.31. The number of hydrogen-bond donors (Lipinski definition) is 1. The lowest BCUT2D eigenvalue weighted by molar-refractivity contribution is -0.146. The zero-order valence-corrected chi connectivity index (χ0v) is 17.3. The second kappa shape index (κ2) is 10.1. The highest BCUT2D eigenvalue weighted by Crippen LogP contribution is 2.25. The van der Waals surface area contributed by atoms with Crippen molar-refractivity contribution in [3.8, 4) is 0 Å². The van der Waals surface area contributed by atoms with Gasteiger partial charge in [-0.3, -0.25) is 19.2 Å². The number of carbonyl (C=O) groups excluding carboxylic acids is 4. The van der Waals surface area contributed by atoms with Gasteiger partial charge in [-0.15, -0.1) is 0 Å². The number of nitrogens with two attached hydrogens (primary N) is 1. The zero-order chi connectivity index (χ0) is 20.8. The monoisotopic (exact) mass is 406 g/mol. The Morgan fingerprint density at radius 1 is 0.690 bits per heavy atom. The predicted molar refractivity (Wildman–Crippen MR) is 108 cm³/mol. The van der Waals surface area contributed by atoms with Crippen molar-refractivity contribution in [2.45, 2.75) is 82.7 Å². The Balaban J connectivity index is 1.48. The summed E-state index contributed by atoms with van der Waals surface area (Å²) < 4.78 is 0. The lowest BCUT2D eigenvalue weighted by Crippen LogP contribution is -2.52. The Bertz CT molecular complexity index is 630. The van der Waals surface area contributed by atoms with Gasteiger partial charge in [0, 0.05) is 39.0 Å². The van der Waals surface area contributed by atoms with E-state index in [1.165, 1.54) is 12.8 Å². The molecule has 0 aromatic carbocycles. The fraction of sp³-hybridized carbons (Fsp3) is 0.810. The first-order valence-corrected chi connectivity index (χ1v) is 11.2. The van der Waals surface area contributed by atoms with E-state index in [0.29, 0.717) is 38.8 Å². The van der Waals surface area contributed by atoms with E-state index in [0.717, 1.165) is 38.8 Å². The Labute approximate surface area is 172 Å². The van der Waals surface area contributed by atoms with Crippen LogP contribution in [-0.4, -0.2) is 76.6 Å². The molecule has 8 heteroatoms. The van der Waals surface area contributed by atoms with Crippen LogP contribution in [0.3, 0.4) is 0 Å². The lowest BCUT2D eigenvalue weighted by atomic mass is 10.1. The van der Waals surface area contributed by atoms with Gasteiger partial charge in [0.1, 0.15) is 12.1 Å². The molecule has 3 rings (SSSR count). The fourth-order valence-corrected chi connectivity index (χ4v) is 4.85. The number of rotatable bonds is 6. The van der Waals surface area contributed by atoms with E-state index in [9.17, 15) is 19.2 Å². The van der Waals surface area contributed by atoms with Crippen molar-refractivity contribution in [2.75, 3.05) is 26.2 Å². The highest BCUT2D eigenvalue weighted by Gasteiger charge is 2.41. The van der Waals surface area contributed by atoms with Crippen LogP contribution in [0.2, 0.25) is 0 Å². The second-order valence-electron chi connectivity index (χ2n) is 8.49. The molecule has 4 amide bonds. The van der Waals surface area contributed by atoms with E-state index in [1.807, 2.05) is 4.90 Å². The minimum absolute atomic E-state index is 0.0701. The number of hydrogen-bond acceptors (Lipinski definition) is 4. The molecule has 29 heavy (non-hydrogen) atoms. The van der Waals surface area contributed by atoms with Gasteiger partial charge >= 0.3 is 0 Å². The molecule has 3 aliphatic heterocycles. The van der Waals surface area contributed by atoms with Crippen LogP contribution in [0, 0.1) is 0 Å². The first-order chi connectivity index (χ1) is 14.0. The van der Waals surface area contributed by atoms with E-state index < -0.39 is 18.0 Å². The minimum Gasteiger partial charge on any atom is -0.368 e. The first-order valence-electron chi connectivity index (χ1n) is 11.2. The number of amides is 4. The van der Waals surface area contributed by atoms with Crippen molar-refractivity contribution in [1.82, 2.24) is 14.7 Å². The minimum atomic E-state index is -0.550. The molecule has 3 aliphatic rings. The third kappa shape index (κ3) is 5.28. The van der Waals surface area contributed by atoms with Crippen LogP contribution in [0.4, 0.5) is 0 Å². The number of nitrogens with zero attached hydrogens (tertiary/aromatic N) is 3. The van der Waals surface area contributed by atoms with Gasteiger partial charge in [-0.1, -0.05) is 12.8 Å². The van der Waals surface area contributed by atoms with Crippen LogP contribution in [0.1, 0.15) is 70.6 Å². The molecule has 0 aromatic heterocycles. The van der Waals surface area contributed by atoms with Crippen molar-refractivity contribution >= 4 is 23.6 Å². The maximum Gasteiger partial charge on any atom is 0.246 e. The van der Waals surface area contributed by atoms with Crippen LogP contribution in [0.5, 0.6) is 0 Å². The van der Waals surface area contributed by atoms with Gasteiger partial charge in [0.15, 0.2) is 0 Å². The summed E-state index contributed by atoms with van der Waals surface area (Å²) in [6.07, 6.45) is 8.43. The molecule has 3 fully saturated rings. The molecule has 2 atom stereocenters. The standard InChI is InChI=1S/C21H34N4O4/c22-20(28)16-8-6-15-25(16)21(29)17-9-7-14-24(17)19(27)11-5-10-18(26)23-12-3-1-2-4-13-23/h16-17H,1-15H2,(H2,22,28)/t16-,17-/m0/s1. The van der Waals surface area contributed by atoms with E-state index in [1.54, 1.807) is 9.80 Å². The molecule has 0 aromatic rings. The van der Waals surface area contributed by atoms with Gasteiger partial charge in [-0.25, -0.2) is 0 Å². The van der Waals surface area contributed by atoms with Crippen LogP contribution in [-0.2, 0) is 19.2 Å². The second-order valence-corrected chi connectivity index (χ2v) is 8.49. The Morgan fingerprint density at radius 2 is 1.28 bits per heavy atom. The van der Waals surface area contributed by atoms with Gasteiger partial charge in [-0.05, 0) is 44.9 Å². The van der Waals surface area contributed by atoms with E-state index in [4.69, 9.17) is 5.73 Å². The van der Waals surface area contributed by atoms with Crippen LogP contribution in [0.25, 0.3) is 0 Å². The summed E-state index contributed by atoms with van der Waals surface area (Å²) in [4.78, 5) is 54.8. The molecule has 8 nitrogen and oxygen atoms in total. The smallest absolute Gasteiger partial charge is 0.246 e. The van der Waals surface area contributed by atoms with Crippen LogP contribution >= 0.6 is 0 Å². The van der Waals surface area contributed by atoms with Gasteiger partial charge in [0.05, 0.1) is 0 Å². The highest BCUT2D eigenvalue weighted by molar-refractivity contribution is 5.92. The molecule has 0 spiro atoms. The number of primary amides is 1. The average molecular weight is 407 g/mol. The summed E-state index contributed by atoms with van der Waals surface area (Å²) in [5.74, 6) is -0.564. The van der Waals surface area contributed by atoms with Gasteiger partial charge in [-0.2, -0.15) is 0 Å². The Hall–Kier alpha value is -2.12. The van der Waals surface area contributed by atoms with Crippen molar-refractivity contribution in [1.29, 1.82) is 0 Å². The van der Waals surface area contributed by atoms with E-state index in [-0.39, 0.29) is 24.1 Å². The molecule has 162 valence electrons. The van der Waals surface area contributed by atoms with Crippen molar-refractivity contribution in [2.24, 2.45) is 5.73 Å². The van der Waals surface area contributed by atoms with E-state index >= 15 is 0 Å². The molecule has 3 saturated heterocycles. The summed E-state index contributed by atoms with van der Waals surface area (Å²) in [6, 6.07) is -1.05. The Morgan fingerprint density at radius 3 is 1.93 bits per heavy atom. The van der Waals surface area contributed by atoms with Crippen LogP contribution in [0.15, 0.2) is 0 Å². The Kier molecular flexibility index (Phi) is 7.50. The molecular formula is C21H34N4O4. The molecule has 2 N–H and O–H groups in total. The third-order valence-electron chi connectivity index (χ3n) is 6.46. The molecule has 3 heterocycles. The molecule has 0 saturated carbocycles. The highest BCUT2D eigenvalue weighted by atomic mass is 16.2. The zero-order valence-electron chi connectivity index (χ0n) is 17.3. The summed E-state index contributed by atoms with van der Waals surface area (Å²) in [7, 11) is 0. The summed E-state index contributed by atoms with van der Waals surface area (Å²) in [6.45, 7) is 2.73. The van der Waals surface area contributed by atoms with E-state index in [2.05, 4.69) is 0 Å². The maximum atomic E-state index is 13.0. The molecule has 0 radical (unpaired) electrons. The summed E-state index contributed by atoms with van der Waals surface area (Å²) in [5, 5.41) is 0. The van der Waals surface area contributed by atoms with Gasteiger partial charge < -0.3 is 20.4 Å². The largest absolute Gasteiger partial charge is 0.368 e. The van der Waals surface area contributed by atoms with Crippen LogP contribution < -0.4 is 5.73 Å². The maximum absolute atomic E-state index is 13.0. The topological polar surface area (TPSA) is 104 Å².